The third kappa shape index (κ3) is 13.7. The highest BCUT2D eigenvalue weighted by Gasteiger charge is 2.46. The van der Waals surface area contributed by atoms with E-state index in [9.17, 15) is 37.5 Å². The number of benzene rings is 4. The van der Waals surface area contributed by atoms with Crippen LogP contribution < -0.4 is 25.6 Å². The summed E-state index contributed by atoms with van der Waals surface area (Å²) < 4.78 is 33.8. The topological polar surface area (TPSA) is 254 Å². The fourth-order valence-electron chi connectivity index (χ4n) is 13.1. The summed E-state index contributed by atoms with van der Waals surface area (Å²) in [5.74, 6) is -1.10. The molecule has 1 aliphatic carbocycles. The average Bonchev–Trinajstić information content (AvgIpc) is 2.00. The highest BCUT2D eigenvalue weighted by atomic mass is 32.2. The first-order valence-electron chi connectivity index (χ1n) is 31.2. The van der Waals surface area contributed by atoms with Gasteiger partial charge in [0.1, 0.15) is 23.6 Å². The second kappa shape index (κ2) is 26.1. The number of amides is 6. The molecule has 3 aliphatic heterocycles. The van der Waals surface area contributed by atoms with Crippen LogP contribution in [0.4, 0.5) is 15.7 Å². The lowest BCUT2D eigenvalue weighted by Gasteiger charge is -2.42. The van der Waals surface area contributed by atoms with Crippen LogP contribution in [0.2, 0.25) is 0 Å². The number of β-amino-alcohol motifs (C(OH)–C–C–N with tert-alkyl or cyclic N) is 1. The number of urea groups is 1. The molecule has 12 rings (SSSR count). The number of sulfonamides is 1. The largest absolute Gasteiger partial charge is 0.391 e. The van der Waals surface area contributed by atoms with E-state index in [4.69, 9.17) is 10.1 Å². The minimum atomic E-state index is -4.44. The lowest BCUT2D eigenvalue weighted by molar-refractivity contribution is -0.142. The first kappa shape index (κ1) is 62.8. The van der Waals surface area contributed by atoms with Crippen LogP contribution in [0.25, 0.3) is 31.8 Å². The van der Waals surface area contributed by atoms with Crippen molar-refractivity contribution in [3.8, 4) is 21.6 Å². The van der Waals surface area contributed by atoms with Gasteiger partial charge >= 0.3 is 6.03 Å². The van der Waals surface area contributed by atoms with Gasteiger partial charge in [-0.3, -0.25) is 29.2 Å². The predicted molar refractivity (Wildman–Crippen MR) is 352 cm³/mol. The van der Waals surface area contributed by atoms with Crippen LogP contribution in [0.15, 0.2) is 120 Å². The lowest BCUT2D eigenvalue weighted by atomic mass is 9.85. The molecule has 7 heterocycles. The van der Waals surface area contributed by atoms with Gasteiger partial charge in [-0.2, -0.15) is 5.10 Å². The number of para-hydroxylation sites is 1. The van der Waals surface area contributed by atoms with Crippen molar-refractivity contribution >= 4 is 83.5 Å². The van der Waals surface area contributed by atoms with E-state index in [1.54, 1.807) is 46.7 Å². The van der Waals surface area contributed by atoms with Gasteiger partial charge in [0.2, 0.25) is 11.8 Å². The third-order valence-corrected chi connectivity index (χ3v) is 21.5. The first-order chi connectivity index (χ1) is 43.6. The summed E-state index contributed by atoms with van der Waals surface area (Å²) in [7, 11) is -4.44. The minimum absolute atomic E-state index is 0.0300. The van der Waals surface area contributed by atoms with Gasteiger partial charge in [-0.05, 0) is 134 Å². The Kier molecular flexibility index (Phi) is 18.0. The monoisotopic (exact) mass is 1280 g/mol. The number of aromatic nitrogens is 5. The Bertz CT molecular complexity index is 4130. The second-order valence-corrected chi connectivity index (χ2v) is 29.3. The number of rotatable bonds is 17. The number of nitrogens with one attached hydrogen (secondary N) is 4. The Balaban J connectivity index is 0.692. The number of aliphatic hydroxyl groups excluding tert-OH is 1. The predicted octanol–water partition coefficient (Wildman–Crippen LogP) is 10.2. The molecule has 0 unspecified atom stereocenters. The molecular weight excluding hydrogens is 1210 g/mol. The molecule has 2 saturated heterocycles. The summed E-state index contributed by atoms with van der Waals surface area (Å²) >= 11 is 2.96. The number of nitrogens with zero attached hydrogens (tertiary/aromatic N) is 8. The maximum atomic E-state index is 14.7. The number of carbonyl (C=O) groups is 5. The van der Waals surface area contributed by atoms with Crippen molar-refractivity contribution in [2.75, 3.05) is 36.4 Å². The third-order valence-electron chi connectivity index (χ3n) is 18.3. The zero-order chi connectivity index (χ0) is 63.9. The number of aryl methyl sites for hydroxylation is 1. The number of hydrogen-bond acceptors (Lipinski definition) is 15. The van der Waals surface area contributed by atoms with E-state index in [1.165, 1.54) is 47.6 Å². The number of fused-ring (bicyclic) bond motifs is 2. The SMILES string of the molecule is Cc1ncsc1-c1ccc([C@H](C)NC(=O)[C@@H]2C[C@@H](O)CN2C(=O)[C@@H](NC(=O)N2CC(Cc3ccc(S(=O)(=O)NC(=O)c4nc(N5CCc6cccc(C(=O)Nc7nc8ccccc8s7)c6C5)ccc4-c4cnn(CC5CCCCC5)c4C)cc3)C2)C(C)(C)C)cc1. The van der Waals surface area contributed by atoms with Crippen LogP contribution in [0.1, 0.15) is 127 Å². The first-order valence-corrected chi connectivity index (χ1v) is 34.4. The molecule has 1 saturated carbocycles. The molecule has 6 amide bonds. The molecule has 4 aromatic carbocycles. The number of anilines is 2. The number of pyridine rings is 1. The van der Waals surface area contributed by atoms with Crippen LogP contribution in [-0.2, 0) is 45.5 Å². The molecular formula is C68H76N12O8S3. The van der Waals surface area contributed by atoms with Crippen LogP contribution in [-0.4, -0.2) is 122 Å². The van der Waals surface area contributed by atoms with Crippen molar-refractivity contribution in [1.29, 1.82) is 0 Å². The Hall–Kier alpha value is -8.38. The van der Waals surface area contributed by atoms with Crippen LogP contribution in [0.5, 0.6) is 0 Å². The fraction of sp³-hybridized carbons (Fsp3) is 0.397. The van der Waals surface area contributed by atoms with E-state index in [2.05, 4.69) is 30.6 Å². The molecule has 0 radical (unpaired) electrons. The Morgan fingerprint density at radius 3 is 2.30 bits per heavy atom. The van der Waals surface area contributed by atoms with E-state index in [0.29, 0.717) is 72.6 Å². The molecule has 0 spiro atoms. The standard InChI is InChI=1S/C68H76N12O8S3/c1-40(46-21-23-48(24-22-46)60-41(2)69-39-89-60)71-63(83)56-32-49(81)37-79(56)65(85)61(68(4,5)6)74-67(86)78-34-45(35-78)31-43-19-25-50(26-20-43)91(87,88)76-64(84)59-51(53-33-70-80(42(53)3)36-44-13-8-7-9-14-44)27-28-58(73-59)77-30-29-47-15-12-16-52(54(47)38-77)62(82)75-66-72-55-17-10-11-18-57(55)90-66/h10-12,15-28,33,39-40,44-45,49,56,61,81H,7-9,13-14,29-32,34-38H2,1-6H3,(H,71,83)(H,74,86)(H,76,84)(H,72,75,82)/t40-,49+,56-,61+/m0/s1. The molecule has 4 aromatic heterocycles. The molecule has 23 heteroatoms. The van der Waals surface area contributed by atoms with Gasteiger partial charge in [0.25, 0.3) is 21.8 Å². The van der Waals surface area contributed by atoms with Crippen molar-refractivity contribution in [3.63, 3.8) is 0 Å². The smallest absolute Gasteiger partial charge is 0.318 e. The van der Waals surface area contributed by atoms with Crippen molar-refractivity contribution in [1.82, 2.24) is 49.9 Å². The van der Waals surface area contributed by atoms with E-state index in [0.717, 1.165) is 73.7 Å². The summed E-state index contributed by atoms with van der Waals surface area (Å²) in [4.78, 5) is 90.7. The number of carbonyl (C=O) groups excluding carboxylic acids is 5. The Morgan fingerprint density at radius 1 is 0.813 bits per heavy atom. The van der Waals surface area contributed by atoms with Crippen molar-refractivity contribution < 1.29 is 37.5 Å². The summed E-state index contributed by atoms with van der Waals surface area (Å²) in [6, 6.07) is 28.5. The van der Waals surface area contributed by atoms with Gasteiger partial charge in [0.05, 0.1) is 49.5 Å². The molecule has 20 nitrogen and oxygen atoms in total. The molecule has 8 aromatic rings. The Morgan fingerprint density at radius 2 is 1.57 bits per heavy atom. The van der Waals surface area contributed by atoms with E-state index < -0.39 is 57.4 Å². The molecule has 91 heavy (non-hydrogen) atoms. The maximum Gasteiger partial charge on any atom is 0.318 e. The molecule has 5 N–H and O–H groups in total. The van der Waals surface area contributed by atoms with Crippen LogP contribution >= 0.6 is 22.7 Å². The van der Waals surface area contributed by atoms with Gasteiger partial charge < -0.3 is 30.4 Å². The van der Waals surface area contributed by atoms with Gasteiger partial charge in [0.15, 0.2) is 5.13 Å². The van der Waals surface area contributed by atoms with E-state index in [-0.39, 0.29) is 41.4 Å². The summed E-state index contributed by atoms with van der Waals surface area (Å²) in [5.41, 5.74) is 9.71. The lowest BCUT2D eigenvalue weighted by Crippen LogP contribution is -2.62. The zero-order valence-corrected chi connectivity index (χ0v) is 54.4. The average molecular weight is 1290 g/mol. The van der Waals surface area contributed by atoms with Gasteiger partial charge in [0, 0.05) is 68.1 Å². The summed E-state index contributed by atoms with van der Waals surface area (Å²) in [6.07, 6.45) is 7.80. The second-order valence-electron chi connectivity index (χ2n) is 25.8. The molecule has 4 aliphatic rings. The normalized spacial score (nSPS) is 17.9. The van der Waals surface area contributed by atoms with Crippen molar-refractivity contribution in [2.45, 2.75) is 135 Å². The zero-order valence-electron chi connectivity index (χ0n) is 51.9. The maximum absolute atomic E-state index is 14.7. The van der Waals surface area contributed by atoms with Gasteiger partial charge in [-0.15, -0.1) is 11.3 Å². The number of thiazole rings is 2. The number of likely N-dealkylation sites (tertiary alicyclic amines) is 2. The number of aliphatic hydroxyl groups is 1. The fourth-order valence-corrected chi connectivity index (χ4v) is 15.7. The van der Waals surface area contributed by atoms with Gasteiger partial charge in [-0.25, -0.2) is 32.9 Å². The van der Waals surface area contributed by atoms with Crippen LogP contribution in [0, 0.1) is 31.1 Å². The summed E-state index contributed by atoms with van der Waals surface area (Å²) in [5, 5.41) is 25.1. The quantitative estimate of drug-likeness (QED) is 0.0569. The van der Waals surface area contributed by atoms with Gasteiger partial charge in [-0.1, -0.05) is 112 Å². The van der Waals surface area contributed by atoms with Crippen molar-refractivity contribution in [2.24, 2.45) is 17.3 Å². The molecule has 4 atom stereocenters. The molecule has 3 fully saturated rings. The molecule has 0 bridgehead atoms. The highest BCUT2D eigenvalue weighted by molar-refractivity contribution is 7.90. The van der Waals surface area contributed by atoms with Crippen LogP contribution in [0.3, 0.4) is 0 Å². The summed E-state index contributed by atoms with van der Waals surface area (Å²) in [6.45, 7) is 13.6. The Labute approximate surface area is 537 Å². The van der Waals surface area contributed by atoms with Crippen molar-refractivity contribution in [3.05, 3.63) is 160 Å². The minimum Gasteiger partial charge on any atom is -0.391 e. The molecule has 474 valence electrons. The highest BCUT2D eigenvalue weighted by Crippen LogP contribution is 2.36. The number of hydrogen-bond donors (Lipinski definition) is 5. The van der Waals surface area contributed by atoms with E-state index in [1.807, 2.05) is 123 Å². The van der Waals surface area contributed by atoms with E-state index >= 15 is 0 Å².